The van der Waals surface area contributed by atoms with Crippen molar-refractivity contribution in [1.82, 2.24) is 10.6 Å². The van der Waals surface area contributed by atoms with Crippen LogP contribution in [-0.4, -0.2) is 51.6 Å². The van der Waals surface area contributed by atoms with E-state index >= 15 is 0 Å². The van der Waals surface area contributed by atoms with E-state index in [1.54, 1.807) is 6.26 Å². The molecule has 0 radical (unpaired) electrons. The lowest BCUT2D eigenvalue weighted by Crippen LogP contribution is -2.39. The first-order valence-electron chi connectivity index (χ1n) is 11.2. The standard InChI is InChI=1S/C24H35N3O4/c1-3-28-13-5-11-25-24(26-12-9-21-6-4-14-30-21)27-17-20-8-7-19(2)16-23(20)31-22-10-15-29-18-22/h4,6-8,14,16,22H,3,5,9-13,15,17-18H2,1-2H3,(H2,25,26,27). The van der Waals surface area contributed by atoms with E-state index in [1.807, 2.05) is 19.1 Å². The summed E-state index contributed by atoms with van der Waals surface area (Å²) in [4.78, 5) is 4.81. The molecule has 0 bridgehead atoms. The molecule has 0 aliphatic carbocycles. The minimum Gasteiger partial charge on any atom is -0.488 e. The monoisotopic (exact) mass is 429 g/mol. The lowest BCUT2D eigenvalue weighted by Gasteiger charge is -2.16. The van der Waals surface area contributed by atoms with Gasteiger partial charge in [0, 0.05) is 44.7 Å². The molecule has 1 atom stereocenters. The quantitative estimate of drug-likeness (QED) is 0.306. The summed E-state index contributed by atoms with van der Waals surface area (Å²) in [6.07, 6.45) is 4.47. The van der Waals surface area contributed by atoms with Crippen LogP contribution in [-0.2, 0) is 22.4 Å². The molecule has 1 unspecified atom stereocenters. The second kappa shape index (κ2) is 13.0. The van der Waals surface area contributed by atoms with Gasteiger partial charge in [-0.3, -0.25) is 0 Å². The number of aliphatic imine (C=N–C) groups is 1. The summed E-state index contributed by atoms with van der Waals surface area (Å²) in [5.74, 6) is 2.63. The van der Waals surface area contributed by atoms with Gasteiger partial charge in [-0.1, -0.05) is 12.1 Å². The van der Waals surface area contributed by atoms with Crippen LogP contribution in [0.25, 0.3) is 0 Å². The summed E-state index contributed by atoms with van der Waals surface area (Å²) in [6, 6.07) is 10.2. The SMILES string of the molecule is CCOCCCNC(=NCc1ccc(C)cc1OC1CCOC1)NCCc1ccco1. The molecule has 0 saturated carbocycles. The van der Waals surface area contributed by atoms with Crippen LogP contribution in [0.5, 0.6) is 5.75 Å². The summed E-state index contributed by atoms with van der Waals surface area (Å²) in [5.41, 5.74) is 2.24. The van der Waals surface area contributed by atoms with Crippen LogP contribution < -0.4 is 15.4 Å². The average Bonchev–Trinajstić information content (AvgIpc) is 3.47. The number of benzene rings is 1. The van der Waals surface area contributed by atoms with Gasteiger partial charge in [-0.25, -0.2) is 4.99 Å². The fraction of sp³-hybridized carbons (Fsp3) is 0.542. The van der Waals surface area contributed by atoms with Gasteiger partial charge >= 0.3 is 0 Å². The lowest BCUT2D eigenvalue weighted by molar-refractivity contribution is 0.140. The Balaban J connectivity index is 1.60. The maximum absolute atomic E-state index is 6.21. The highest BCUT2D eigenvalue weighted by Gasteiger charge is 2.18. The van der Waals surface area contributed by atoms with Crippen molar-refractivity contribution in [2.24, 2.45) is 4.99 Å². The van der Waals surface area contributed by atoms with E-state index in [9.17, 15) is 0 Å². The van der Waals surface area contributed by atoms with Crippen LogP contribution in [0, 0.1) is 6.92 Å². The maximum Gasteiger partial charge on any atom is 0.191 e. The van der Waals surface area contributed by atoms with Crippen molar-refractivity contribution in [1.29, 1.82) is 0 Å². The number of aryl methyl sites for hydroxylation is 1. The van der Waals surface area contributed by atoms with Crippen molar-refractivity contribution in [3.8, 4) is 5.75 Å². The molecule has 1 saturated heterocycles. The molecule has 3 rings (SSSR count). The third-order valence-electron chi connectivity index (χ3n) is 5.02. The molecular weight excluding hydrogens is 394 g/mol. The Kier molecular flexibility index (Phi) is 9.73. The predicted octanol–water partition coefficient (Wildman–Crippen LogP) is 3.46. The zero-order chi connectivity index (χ0) is 21.7. The van der Waals surface area contributed by atoms with Crippen molar-refractivity contribution in [2.45, 2.75) is 45.8 Å². The number of furan rings is 1. The molecule has 2 heterocycles. The normalized spacial score (nSPS) is 16.5. The van der Waals surface area contributed by atoms with E-state index < -0.39 is 0 Å². The Morgan fingerprint density at radius 1 is 1.23 bits per heavy atom. The molecule has 1 aliphatic rings. The molecule has 0 amide bonds. The number of hydrogen-bond acceptors (Lipinski definition) is 5. The van der Waals surface area contributed by atoms with Gasteiger partial charge in [-0.05, 0) is 44.0 Å². The van der Waals surface area contributed by atoms with Gasteiger partial charge in [0.05, 0.1) is 26.0 Å². The first-order valence-corrected chi connectivity index (χ1v) is 11.2. The number of rotatable bonds is 12. The largest absolute Gasteiger partial charge is 0.488 e. The van der Waals surface area contributed by atoms with Crippen molar-refractivity contribution >= 4 is 5.96 Å². The Bertz CT molecular complexity index is 786. The topological polar surface area (TPSA) is 77.2 Å². The molecule has 170 valence electrons. The number of hydrogen-bond donors (Lipinski definition) is 2. The van der Waals surface area contributed by atoms with Gasteiger partial charge in [0.25, 0.3) is 0 Å². The molecule has 1 aromatic heterocycles. The van der Waals surface area contributed by atoms with Crippen LogP contribution in [0.1, 0.15) is 36.7 Å². The number of guanidine groups is 1. The zero-order valence-corrected chi connectivity index (χ0v) is 18.7. The summed E-state index contributed by atoms with van der Waals surface area (Å²) < 4.78 is 22.5. The number of nitrogens with zero attached hydrogens (tertiary/aromatic N) is 1. The van der Waals surface area contributed by atoms with Gasteiger partial charge in [-0.15, -0.1) is 0 Å². The van der Waals surface area contributed by atoms with E-state index in [0.717, 1.165) is 75.2 Å². The highest BCUT2D eigenvalue weighted by Crippen LogP contribution is 2.24. The van der Waals surface area contributed by atoms with E-state index in [2.05, 4.69) is 35.8 Å². The minimum atomic E-state index is 0.118. The molecule has 1 aliphatic heterocycles. The Morgan fingerprint density at radius 3 is 2.90 bits per heavy atom. The van der Waals surface area contributed by atoms with Crippen molar-refractivity contribution in [3.05, 3.63) is 53.5 Å². The molecule has 31 heavy (non-hydrogen) atoms. The van der Waals surface area contributed by atoms with Crippen LogP contribution in [0.2, 0.25) is 0 Å². The summed E-state index contributed by atoms with van der Waals surface area (Å²) >= 11 is 0. The van der Waals surface area contributed by atoms with E-state index in [4.69, 9.17) is 23.6 Å². The predicted molar refractivity (Wildman–Crippen MR) is 122 cm³/mol. The van der Waals surface area contributed by atoms with Gasteiger partial charge in [-0.2, -0.15) is 0 Å². The van der Waals surface area contributed by atoms with Crippen molar-refractivity contribution < 1.29 is 18.6 Å². The van der Waals surface area contributed by atoms with Gasteiger partial charge < -0.3 is 29.3 Å². The number of ether oxygens (including phenoxy) is 3. The van der Waals surface area contributed by atoms with E-state index in [1.165, 1.54) is 5.56 Å². The highest BCUT2D eigenvalue weighted by molar-refractivity contribution is 5.79. The van der Waals surface area contributed by atoms with Crippen LogP contribution >= 0.6 is 0 Å². The molecule has 0 spiro atoms. The fourth-order valence-electron chi connectivity index (χ4n) is 3.31. The highest BCUT2D eigenvalue weighted by atomic mass is 16.5. The molecule has 1 fully saturated rings. The van der Waals surface area contributed by atoms with Gasteiger partial charge in [0.15, 0.2) is 5.96 Å². The molecule has 2 aromatic rings. The van der Waals surface area contributed by atoms with Crippen LogP contribution in [0.15, 0.2) is 46.0 Å². The minimum absolute atomic E-state index is 0.118. The second-order valence-electron chi connectivity index (χ2n) is 7.61. The lowest BCUT2D eigenvalue weighted by atomic mass is 10.1. The Hall–Kier alpha value is -2.51. The maximum atomic E-state index is 6.21. The van der Waals surface area contributed by atoms with Gasteiger partial charge in [0.1, 0.15) is 17.6 Å². The first kappa shape index (κ1) is 23.2. The average molecular weight is 430 g/mol. The smallest absolute Gasteiger partial charge is 0.191 e. The summed E-state index contributed by atoms with van der Waals surface area (Å²) in [6.45, 7) is 9.04. The summed E-state index contributed by atoms with van der Waals surface area (Å²) in [7, 11) is 0. The molecule has 7 heteroatoms. The Labute approximate surface area is 185 Å². The van der Waals surface area contributed by atoms with E-state index in [0.29, 0.717) is 13.2 Å². The third kappa shape index (κ3) is 8.26. The molecular formula is C24H35N3O4. The zero-order valence-electron chi connectivity index (χ0n) is 18.7. The summed E-state index contributed by atoms with van der Waals surface area (Å²) in [5, 5.41) is 6.80. The Morgan fingerprint density at radius 2 is 2.13 bits per heavy atom. The van der Waals surface area contributed by atoms with Gasteiger partial charge in [0.2, 0.25) is 0 Å². The fourth-order valence-corrected chi connectivity index (χ4v) is 3.31. The van der Waals surface area contributed by atoms with Crippen molar-refractivity contribution in [2.75, 3.05) is 39.5 Å². The van der Waals surface area contributed by atoms with Crippen molar-refractivity contribution in [3.63, 3.8) is 0 Å². The van der Waals surface area contributed by atoms with E-state index in [-0.39, 0.29) is 6.10 Å². The molecule has 2 N–H and O–H groups in total. The molecule has 7 nitrogen and oxygen atoms in total. The third-order valence-corrected chi connectivity index (χ3v) is 5.02. The number of nitrogens with one attached hydrogen (secondary N) is 2. The first-order chi connectivity index (χ1) is 15.2. The van der Waals surface area contributed by atoms with Crippen LogP contribution in [0.4, 0.5) is 0 Å². The molecule has 1 aromatic carbocycles. The van der Waals surface area contributed by atoms with Crippen LogP contribution in [0.3, 0.4) is 0 Å². The second-order valence-corrected chi connectivity index (χ2v) is 7.61.